The fraction of sp³-hybridized carbons (Fsp3) is 0.889. The maximum atomic E-state index is 11.0. The Labute approximate surface area is 153 Å². The summed E-state index contributed by atoms with van der Waals surface area (Å²) in [4.78, 5) is 21.3. The Morgan fingerprint density at radius 3 is 1.92 bits per heavy atom. The first-order valence-electron chi connectivity index (χ1n) is 9.17. The average Bonchev–Trinajstić information content (AvgIpc) is 2.59. The second kappa shape index (κ2) is 20.9. The minimum atomic E-state index is -0.722. The monoisotopic (exact) mass is 364 g/mol. The molecule has 1 amide bonds. The van der Waals surface area contributed by atoms with Gasteiger partial charge >= 0.3 is 5.97 Å². The van der Waals surface area contributed by atoms with E-state index in [9.17, 15) is 9.59 Å². The van der Waals surface area contributed by atoms with Crippen LogP contribution in [0.15, 0.2) is 0 Å². The molecule has 0 unspecified atom stereocenters. The van der Waals surface area contributed by atoms with Crippen molar-refractivity contribution in [3.05, 3.63) is 0 Å². The molecule has 0 saturated carbocycles. The van der Waals surface area contributed by atoms with Crippen LogP contribution in [-0.4, -0.2) is 56.5 Å². The van der Waals surface area contributed by atoms with Crippen LogP contribution in [0.3, 0.4) is 0 Å². The van der Waals surface area contributed by atoms with Crippen LogP contribution < -0.4 is 11.1 Å². The van der Waals surface area contributed by atoms with Gasteiger partial charge in [-0.15, -0.1) is 0 Å². The zero-order chi connectivity index (χ0) is 20.1. The molecule has 0 heterocycles. The third kappa shape index (κ3) is 22.8. The van der Waals surface area contributed by atoms with Gasteiger partial charge < -0.3 is 25.6 Å². The molecule has 0 aromatic carbocycles. The van der Waals surface area contributed by atoms with Crippen molar-refractivity contribution < 1.29 is 24.2 Å². The van der Waals surface area contributed by atoms with Gasteiger partial charge in [-0.25, -0.2) is 0 Å². The molecule has 0 spiro atoms. The lowest BCUT2D eigenvalue weighted by atomic mass is 9.91. The van der Waals surface area contributed by atoms with Crippen molar-refractivity contribution in [3.63, 3.8) is 0 Å². The van der Waals surface area contributed by atoms with Crippen LogP contribution in [0.5, 0.6) is 0 Å². The summed E-state index contributed by atoms with van der Waals surface area (Å²) in [7, 11) is 0. The van der Waals surface area contributed by atoms with E-state index in [-0.39, 0.29) is 5.91 Å². The summed E-state index contributed by atoms with van der Waals surface area (Å²) in [6.45, 7) is 14.6. The van der Waals surface area contributed by atoms with E-state index in [4.69, 9.17) is 20.3 Å². The smallest absolute Gasteiger partial charge is 0.309 e. The number of carboxylic acids is 1. The molecule has 0 rings (SSSR count). The van der Waals surface area contributed by atoms with E-state index in [2.05, 4.69) is 5.32 Å². The second-order valence-corrected chi connectivity index (χ2v) is 5.66. The van der Waals surface area contributed by atoms with Crippen LogP contribution in [0.2, 0.25) is 0 Å². The fourth-order valence-corrected chi connectivity index (χ4v) is 1.13. The number of carboxylic acid groups (broad SMARTS) is 1. The van der Waals surface area contributed by atoms with E-state index in [1.54, 1.807) is 13.8 Å². The highest BCUT2D eigenvalue weighted by molar-refractivity contribution is 5.75. The molecule has 0 radical (unpaired) electrons. The fourth-order valence-electron chi connectivity index (χ4n) is 1.13. The van der Waals surface area contributed by atoms with Crippen molar-refractivity contribution in [2.45, 2.75) is 60.8 Å². The zero-order valence-corrected chi connectivity index (χ0v) is 17.0. The quantitative estimate of drug-likeness (QED) is 0.459. The van der Waals surface area contributed by atoms with Gasteiger partial charge in [-0.3, -0.25) is 9.59 Å². The first-order chi connectivity index (χ1) is 11.8. The van der Waals surface area contributed by atoms with Crippen LogP contribution in [0.1, 0.15) is 60.8 Å². The molecule has 0 bridgehead atoms. The second-order valence-electron chi connectivity index (χ2n) is 5.66. The van der Waals surface area contributed by atoms with Crippen molar-refractivity contribution in [2.24, 2.45) is 11.1 Å². The Bertz CT molecular complexity index is 310. The lowest BCUT2D eigenvalue weighted by Gasteiger charge is -2.14. The van der Waals surface area contributed by atoms with Crippen molar-refractivity contribution in [1.82, 2.24) is 5.32 Å². The van der Waals surface area contributed by atoms with Gasteiger partial charge in [0.2, 0.25) is 5.91 Å². The van der Waals surface area contributed by atoms with E-state index in [0.717, 1.165) is 6.42 Å². The molecule has 0 fully saturated rings. The summed E-state index contributed by atoms with van der Waals surface area (Å²) < 4.78 is 10.3. The lowest BCUT2D eigenvalue weighted by molar-refractivity contribution is -0.147. The van der Waals surface area contributed by atoms with Crippen LogP contribution in [0.25, 0.3) is 0 Å². The topological polar surface area (TPSA) is 111 Å². The van der Waals surface area contributed by atoms with Gasteiger partial charge in [0.1, 0.15) is 0 Å². The normalized spacial score (nSPS) is 10.0. The Morgan fingerprint density at radius 2 is 1.56 bits per heavy atom. The van der Waals surface area contributed by atoms with E-state index in [1.165, 1.54) is 0 Å². The van der Waals surface area contributed by atoms with Gasteiger partial charge in [-0.05, 0) is 26.7 Å². The summed E-state index contributed by atoms with van der Waals surface area (Å²) in [6, 6.07) is 0. The molecule has 0 atom stereocenters. The Balaban J connectivity index is -0.000000408. The Kier molecular flexibility index (Phi) is 23.9. The number of carbonyl (C=O) groups excluding carboxylic acids is 1. The maximum Gasteiger partial charge on any atom is 0.309 e. The first kappa shape index (κ1) is 28.6. The van der Waals surface area contributed by atoms with Crippen LogP contribution in [0.4, 0.5) is 0 Å². The van der Waals surface area contributed by atoms with Gasteiger partial charge in [0.05, 0.1) is 31.8 Å². The van der Waals surface area contributed by atoms with E-state index >= 15 is 0 Å². The van der Waals surface area contributed by atoms with Crippen molar-refractivity contribution in [1.29, 1.82) is 0 Å². The number of amides is 1. The van der Waals surface area contributed by atoms with Gasteiger partial charge in [0.15, 0.2) is 0 Å². The molecule has 0 aromatic heterocycles. The minimum Gasteiger partial charge on any atom is -0.481 e. The van der Waals surface area contributed by atoms with Gasteiger partial charge in [0, 0.05) is 19.5 Å². The molecule has 152 valence electrons. The van der Waals surface area contributed by atoms with Crippen molar-refractivity contribution in [2.75, 3.05) is 39.5 Å². The average molecular weight is 365 g/mol. The summed E-state index contributed by atoms with van der Waals surface area (Å²) in [5, 5.41) is 11.2. The Hall–Kier alpha value is -1.18. The number of hydrogen-bond donors (Lipinski definition) is 3. The highest BCUT2D eigenvalue weighted by Crippen LogP contribution is 2.18. The SMILES string of the molecule is CC.CCC(C)(C)C(=O)O.CCCC(=O)NCCOCCOCCN. The molecule has 0 aromatic rings. The van der Waals surface area contributed by atoms with Crippen LogP contribution in [-0.2, 0) is 19.1 Å². The molecule has 4 N–H and O–H groups in total. The molecular formula is C18H40N2O5. The molecule has 0 aliphatic carbocycles. The van der Waals surface area contributed by atoms with E-state index < -0.39 is 11.4 Å². The summed E-state index contributed by atoms with van der Waals surface area (Å²) >= 11 is 0. The highest BCUT2D eigenvalue weighted by atomic mass is 16.5. The van der Waals surface area contributed by atoms with Gasteiger partial charge in [0.25, 0.3) is 0 Å². The Morgan fingerprint density at radius 1 is 1.04 bits per heavy atom. The summed E-state index contributed by atoms with van der Waals surface area (Å²) in [5.41, 5.74) is 4.70. The van der Waals surface area contributed by atoms with Crippen molar-refractivity contribution >= 4 is 11.9 Å². The third-order valence-corrected chi connectivity index (χ3v) is 3.14. The first-order valence-corrected chi connectivity index (χ1v) is 9.17. The zero-order valence-electron chi connectivity index (χ0n) is 17.0. The molecular weight excluding hydrogens is 324 g/mol. The number of nitrogens with two attached hydrogens (primary N) is 1. The van der Waals surface area contributed by atoms with Crippen molar-refractivity contribution in [3.8, 4) is 0 Å². The van der Waals surface area contributed by atoms with Gasteiger partial charge in [-0.1, -0.05) is 27.7 Å². The number of hydrogen-bond acceptors (Lipinski definition) is 5. The lowest BCUT2D eigenvalue weighted by Crippen LogP contribution is -2.27. The largest absolute Gasteiger partial charge is 0.481 e. The molecule has 0 saturated heterocycles. The minimum absolute atomic E-state index is 0.0838. The predicted octanol–water partition coefficient (Wildman–Crippen LogP) is 2.43. The number of nitrogens with one attached hydrogen (secondary N) is 1. The summed E-state index contributed by atoms with van der Waals surface area (Å²) in [5.74, 6) is -0.638. The van der Waals surface area contributed by atoms with Gasteiger partial charge in [-0.2, -0.15) is 0 Å². The number of rotatable bonds is 12. The highest BCUT2D eigenvalue weighted by Gasteiger charge is 2.23. The molecule has 25 heavy (non-hydrogen) atoms. The van der Waals surface area contributed by atoms with Crippen LogP contribution >= 0.6 is 0 Å². The van der Waals surface area contributed by atoms with E-state index in [0.29, 0.717) is 52.4 Å². The molecule has 7 nitrogen and oxygen atoms in total. The summed E-state index contributed by atoms with van der Waals surface area (Å²) in [6.07, 6.45) is 2.14. The number of carbonyl (C=O) groups is 2. The molecule has 0 aliphatic heterocycles. The molecule has 7 heteroatoms. The number of ether oxygens (including phenoxy) is 2. The van der Waals surface area contributed by atoms with Crippen LogP contribution in [0, 0.1) is 5.41 Å². The third-order valence-electron chi connectivity index (χ3n) is 3.14. The number of aliphatic carboxylic acids is 1. The maximum absolute atomic E-state index is 11.0. The predicted molar refractivity (Wildman–Crippen MR) is 102 cm³/mol. The standard InChI is InChI=1S/C10H22N2O3.C6H12O2.C2H6/c1-2-3-10(13)12-5-7-15-9-8-14-6-4-11;1-4-6(2,3)5(7)8;1-2/h2-9,11H2,1H3,(H,12,13);4H2,1-3H3,(H,7,8);1-2H3. The molecule has 0 aliphatic rings. The van der Waals surface area contributed by atoms with E-state index in [1.807, 2.05) is 27.7 Å².